The van der Waals surface area contributed by atoms with E-state index in [4.69, 9.17) is 14.2 Å². The van der Waals surface area contributed by atoms with Crippen LogP contribution >= 0.6 is 0 Å². The van der Waals surface area contributed by atoms with Crippen molar-refractivity contribution in [2.24, 2.45) is 0 Å². The number of aliphatic hydroxyl groups is 1. The van der Waals surface area contributed by atoms with Crippen molar-refractivity contribution >= 4 is 5.78 Å². The second-order valence-electron chi connectivity index (χ2n) is 8.79. The number of phenols is 3. The third kappa shape index (κ3) is 5.38. The molecule has 0 saturated heterocycles. The molecule has 2 atom stereocenters. The molecule has 0 amide bonds. The van der Waals surface area contributed by atoms with Crippen LogP contribution in [0.4, 0.5) is 0 Å². The Bertz CT molecular complexity index is 1150. The van der Waals surface area contributed by atoms with E-state index in [0.717, 1.165) is 18.4 Å². The van der Waals surface area contributed by atoms with E-state index < -0.39 is 23.7 Å². The van der Waals surface area contributed by atoms with E-state index in [1.54, 1.807) is 0 Å². The molecule has 0 fully saturated rings. The molecular weight excluding hydrogens is 452 g/mol. The number of benzene rings is 2. The summed E-state index contributed by atoms with van der Waals surface area (Å²) in [6, 6.07) is 4.10. The van der Waals surface area contributed by atoms with Crippen molar-refractivity contribution in [3.8, 4) is 34.5 Å². The number of ketones is 1. The topological polar surface area (TPSA) is 126 Å². The number of fused-ring (bicyclic) bond motifs is 1. The standard InChI is InChI=1S/C27H32O8/c1-14(2)7-6-8-15(3)9-10-17-18(28)13-19-22(23(17)29)25(31)26(32)27(35-19)16-11-20(33-4)24(30)21(12-16)34-5/h7,9,11-13,26-30,32H,6,8,10H2,1-5H3/t26-,27+/m0/s1. The molecule has 35 heavy (non-hydrogen) atoms. The molecule has 2 aromatic rings. The summed E-state index contributed by atoms with van der Waals surface area (Å²) < 4.78 is 16.1. The number of hydrogen-bond acceptors (Lipinski definition) is 8. The summed E-state index contributed by atoms with van der Waals surface area (Å²) in [6.07, 6.45) is 3.14. The Morgan fingerprint density at radius 3 is 2.20 bits per heavy atom. The summed E-state index contributed by atoms with van der Waals surface area (Å²) in [5.41, 5.74) is 2.62. The molecule has 8 nitrogen and oxygen atoms in total. The van der Waals surface area contributed by atoms with Gasteiger partial charge in [-0.15, -0.1) is 0 Å². The minimum absolute atomic E-state index is 0.0562. The first-order valence-electron chi connectivity index (χ1n) is 11.3. The Balaban J connectivity index is 1.94. The minimum Gasteiger partial charge on any atom is -0.507 e. The summed E-state index contributed by atoms with van der Waals surface area (Å²) in [5.74, 6) is -1.54. The van der Waals surface area contributed by atoms with Gasteiger partial charge in [-0.2, -0.15) is 0 Å². The fraction of sp³-hybridized carbons (Fsp3) is 0.370. The number of carbonyl (C=O) groups excluding carboxylic acids is 1. The predicted octanol–water partition coefficient (Wildman–Crippen LogP) is 4.73. The highest BCUT2D eigenvalue weighted by molar-refractivity contribution is 6.06. The molecule has 0 spiro atoms. The van der Waals surface area contributed by atoms with Gasteiger partial charge in [-0.05, 0) is 52.2 Å². The number of rotatable bonds is 8. The lowest BCUT2D eigenvalue weighted by atomic mass is 9.90. The molecule has 0 saturated carbocycles. The molecule has 1 aliphatic heterocycles. The molecule has 0 aliphatic carbocycles. The number of carbonyl (C=O) groups is 1. The number of ether oxygens (including phenoxy) is 3. The molecule has 1 aliphatic rings. The quantitative estimate of drug-likeness (QED) is 0.396. The maximum atomic E-state index is 13.1. The van der Waals surface area contributed by atoms with Crippen LogP contribution in [0.2, 0.25) is 0 Å². The van der Waals surface area contributed by atoms with Crippen LogP contribution in [-0.4, -0.2) is 46.5 Å². The van der Waals surface area contributed by atoms with Crippen molar-refractivity contribution in [2.75, 3.05) is 14.2 Å². The number of allylic oxidation sites excluding steroid dienone is 4. The van der Waals surface area contributed by atoms with Gasteiger partial charge < -0.3 is 34.6 Å². The molecule has 8 heteroatoms. The Morgan fingerprint density at radius 2 is 1.63 bits per heavy atom. The number of methoxy groups -OCH3 is 2. The maximum absolute atomic E-state index is 13.1. The smallest absolute Gasteiger partial charge is 0.202 e. The van der Waals surface area contributed by atoms with Crippen molar-refractivity contribution in [3.05, 3.63) is 58.2 Å². The first kappa shape index (κ1) is 26.0. The maximum Gasteiger partial charge on any atom is 0.202 e. The van der Waals surface area contributed by atoms with Crippen molar-refractivity contribution in [1.29, 1.82) is 0 Å². The third-order valence-electron chi connectivity index (χ3n) is 5.98. The van der Waals surface area contributed by atoms with E-state index in [-0.39, 0.29) is 46.3 Å². The summed E-state index contributed by atoms with van der Waals surface area (Å²) in [5, 5.41) is 42.4. The number of phenolic OH excluding ortho intramolecular Hbond substituents is 3. The number of aromatic hydroxyl groups is 3. The van der Waals surface area contributed by atoms with Gasteiger partial charge in [-0.1, -0.05) is 23.3 Å². The normalized spacial score (nSPS) is 17.4. The van der Waals surface area contributed by atoms with Crippen LogP contribution in [0, 0.1) is 0 Å². The highest BCUT2D eigenvalue weighted by Gasteiger charge is 2.40. The zero-order valence-electron chi connectivity index (χ0n) is 20.6. The lowest BCUT2D eigenvalue weighted by Gasteiger charge is -2.31. The van der Waals surface area contributed by atoms with Gasteiger partial charge in [-0.25, -0.2) is 0 Å². The summed E-state index contributed by atoms with van der Waals surface area (Å²) in [6.45, 7) is 6.04. The monoisotopic (exact) mass is 484 g/mol. The molecule has 0 radical (unpaired) electrons. The fourth-order valence-electron chi connectivity index (χ4n) is 3.99. The fourth-order valence-corrected chi connectivity index (χ4v) is 3.99. The third-order valence-corrected chi connectivity index (χ3v) is 5.98. The van der Waals surface area contributed by atoms with E-state index in [0.29, 0.717) is 5.56 Å². The van der Waals surface area contributed by atoms with Gasteiger partial charge in [-0.3, -0.25) is 4.79 Å². The Hall–Kier alpha value is -3.65. The molecule has 188 valence electrons. The van der Waals surface area contributed by atoms with Gasteiger partial charge in [0, 0.05) is 17.2 Å². The van der Waals surface area contributed by atoms with Crippen LogP contribution in [0.5, 0.6) is 34.5 Å². The zero-order chi connectivity index (χ0) is 25.9. The van der Waals surface area contributed by atoms with E-state index in [2.05, 4.69) is 6.08 Å². The van der Waals surface area contributed by atoms with E-state index in [9.17, 15) is 25.2 Å². The van der Waals surface area contributed by atoms with Gasteiger partial charge >= 0.3 is 0 Å². The van der Waals surface area contributed by atoms with Gasteiger partial charge in [0.15, 0.2) is 23.7 Å². The van der Waals surface area contributed by atoms with Crippen LogP contribution in [0.1, 0.15) is 61.2 Å². The highest BCUT2D eigenvalue weighted by Crippen LogP contribution is 2.47. The lowest BCUT2D eigenvalue weighted by molar-refractivity contribution is 0.0208. The molecule has 0 bridgehead atoms. The lowest BCUT2D eigenvalue weighted by Crippen LogP contribution is -2.36. The van der Waals surface area contributed by atoms with Crippen molar-refractivity contribution in [2.45, 2.75) is 52.2 Å². The summed E-state index contributed by atoms with van der Waals surface area (Å²) in [4.78, 5) is 13.1. The Morgan fingerprint density at radius 1 is 1.00 bits per heavy atom. The average Bonchev–Trinajstić information content (AvgIpc) is 2.81. The highest BCUT2D eigenvalue weighted by atomic mass is 16.5. The molecule has 0 unspecified atom stereocenters. The van der Waals surface area contributed by atoms with Crippen LogP contribution < -0.4 is 14.2 Å². The summed E-state index contributed by atoms with van der Waals surface area (Å²) >= 11 is 0. The molecule has 2 aromatic carbocycles. The summed E-state index contributed by atoms with van der Waals surface area (Å²) in [7, 11) is 2.71. The Kier molecular flexibility index (Phi) is 7.96. The molecule has 1 heterocycles. The zero-order valence-corrected chi connectivity index (χ0v) is 20.6. The second-order valence-corrected chi connectivity index (χ2v) is 8.79. The Labute approximate surface area is 204 Å². The first-order valence-corrected chi connectivity index (χ1v) is 11.3. The van der Waals surface area contributed by atoms with E-state index in [1.807, 2.05) is 26.8 Å². The molecule has 4 N–H and O–H groups in total. The molecular formula is C27H32O8. The average molecular weight is 485 g/mol. The van der Waals surface area contributed by atoms with Crippen LogP contribution in [-0.2, 0) is 6.42 Å². The van der Waals surface area contributed by atoms with E-state index >= 15 is 0 Å². The largest absolute Gasteiger partial charge is 0.507 e. The first-order chi connectivity index (χ1) is 16.6. The number of aliphatic hydroxyl groups excluding tert-OH is 1. The van der Waals surface area contributed by atoms with Gasteiger partial charge in [0.2, 0.25) is 11.5 Å². The van der Waals surface area contributed by atoms with Crippen LogP contribution in [0.15, 0.2) is 41.5 Å². The molecule has 0 aromatic heterocycles. The minimum atomic E-state index is -1.65. The predicted molar refractivity (Wildman–Crippen MR) is 131 cm³/mol. The van der Waals surface area contributed by atoms with Gasteiger partial charge in [0.1, 0.15) is 22.8 Å². The van der Waals surface area contributed by atoms with Gasteiger partial charge in [0.05, 0.1) is 14.2 Å². The van der Waals surface area contributed by atoms with Crippen LogP contribution in [0.3, 0.4) is 0 Å². The van der Waals surface area contributed by atoms with Crippen molar-refractivity contribution < 1.29 is 39.4 Å². The van der Waals surface area contributed by atoms with E-state index in [1.165, 1.54) is 38.0 Å². The van der Waals surface area contributed by atoms with Crippen molar-refractivity contribution in [3.63, 3.8) is 0 Å². The number of Topliss-reactive ketones (excluding diaryl/α,β-unsaturated/α-hetero) is 1. The SMILES string of the molecule is COc1cc([C@H]2Oc3cc(O)c(CC=C(C)CCC=C(C)C)c(O)c3C(=O)[C@@H]2O)cc(OC)c1O. The second kappa shape index (κ2) is 10.7. The number of hydrogen-bond donors (Lipinski definition) is 4. The van der Waals surface area contributed by atoms with Crippen molar-refractivity contribution in [1.82, 2.24) is 0 Å². The van der Waals surface area contributed by atoms with Crippen LogP contribution in [0.25, 0.3) is 0 Å². The molecule has 3 rings (SSSR count). The van der Waals surface area contributed by atoms with Gasteiger partial charge in [0.25, 0.3) is 0 Å².